The first-order valence-electron chi connectivity index (χ1n) is 3.61. The fourth-order valence-electron chi connectivity index (χ4n) is 1.64. The number of carbonyl (C=O) groups excluding carboxylic acids is 1. The molecule has 0 aromatic carbocycles. The summed E-state index contributed by atoms with van der Waals surface area (Å²) in [7, 11) is 0. The molecule has 1 aliphatic carbocycles. The first-order chi connectivity index (χ1) is 4.79. The molecular weight excluding hydrogens is 128 g/mol. The zero-order valence-electron chi connectivity index (χ0n) is 5.96. The molecule has 2 rings (SSSR count). The summed E-state index contributed by atoms with van der Waals surface area (Å²) < 4.78 is 5.21. The highest BCUT2D eigenvalue weighted by Gasteiger charge is 2.36. The lowest BCUT2D eigenvalue weighted by atomic mass is 9.95. The SMILES string of the molecule is C[C@@H]1C(=O)C=C2COC[C@@H]21. The van der Waals surface area contributed by atoms with E-state index in [1.54, 1.807) is 6.08 Å². The Kier molecular flexibility index (Phi) is 1.17. The van der Waals surface area contributed by atoms with Crippen molar-refractivity contribution in [1.29, 1.82) is 0 Å². The summed E-state index contributed by atoms with van der Waals surface area (Å²) in [6, 6.07) is 0. The van der Waals surface area contributed by atoms with Crippen LogP contribution in [0.5, 0.6) is 0 Å². The minimum atomic E-state index is 0.178. The van der Waals surface area contributed by atoms with Gasteiger partial charge in [0.1, 0.15) is 0 Å². The highest BCUT2D eigenvalue weighted by Crippen LogP contribution is 2.33. The van der Waals surface area contributed by atoms with Crippen molar-refractivity contribution in [3.8, 4) is 0 Å². The van der Waals surface area contributed by atoms with Gasteiger partial charge in [0.15, 0.2) is 5.78 Å². The predicted octanol–water partition coefficient (Wildman–Crippen LogP) is 0.778. The van der Waals surface area contributed by atoms with Crippen molar-refractivity contribution >= 4 is 5.78 Å². The summed E-state index contributed by atoms with van der Waals surface area (Å²) in [5.74, 6) is 0.869. The van der Waals surface area contributed by atoms with Crippen LogP contribution in [0.2, 0.25) is 0 Å². The van der Waals surface area contributed by atoms with Gasteiger partial charge in [-0.25, -0.2) is 0 Å². The molecule has 0 bridgehead atoms. The van der Waals surface area contributed by atoms with Gasteiger partial charge >= 0.3 is 0 Å². The average Bonchev–Trinajstić information content (AvgIpc) is 2.41. The highest BCUT2D eigenvalue weighted by atomic mass is 16.5. The Labute approximate surface area is 59.9 Å². The summed E-state index contributed by atoms with van der Waals surface area (Å²) in [5, 5.41) is 0. The molecule has 0 saturated carbocycles. The number of ether oxygens (including phenoxy) is 1. The van der Waals surface area contributed by atoms with Gasteiger partial charge in [0.2, 0.25) is 0 Å². The van der Waals surface area contributed by atoms with Crippen LogP contribution in [0.15, 0.2) is 11.6 Å². The Hall–Kier alpha value is -0.630. The highest BCUT2D eigenvalue weighted by molar-refractivity contribution is 5.95. The molecule has 0 aromatic heterocycles. The zero-order valence-corrected chi connectivity index (χ0v) is 5.96. The number of fused-ring (bicyclic) bond motifs is 1. The van der Waals surface area contributed by atoms with Gasteiger partial charge in [-0.1, -0.05) is 6.92 Å². The fourth-order valence-corrected chi connectivity index (χ4v) is 1.64. The molecule has 1 heterocycles. The molecule has 10 heavy (non-hydrogen) atoms. The Balaban J connectivity index is 2.30. The van der Waals surface area contributed by atoms with Crippen LogP contribution in [0.1, 0.15) is 6.92 Å². The van der Waals surface area contributed by atoms with Crippen LogP contribution in [0.25, 0.3) is 0 Å². The molecule has 0 N–H and O–H groups in total. The van der Waals surface area contributed by atoms with Gasteiger partial charge in [-0.3, -0.25) is 4.79 Å². The van der Waals surface area contributed by atoms with Crippen molar-refractivity contribution in [3.05, 3.63) is 11.6 Å². The molecule has 2 atom stereocenters. The maximum atomic E-state index is 11.1. The number of hydrogen-bond acceptors (Lipinski definition) is 2. The number of ketones is 1. The van der Waals surface area contributed by atoms with Crippen LogP contribution in [0.3, 0.4) is 0 Å². The summed E-state index contributed by atoms with van der Waals surface area (Å²) in [5.41, 5.74) is 1.21. The van der Waals surface area contributed by atoms with Crippen molar-refractivity contribution in [2.75, 3.05) is 13.2 Å². The van der Waals surface area contributed by atoms with Crippen LogP contribution in [-0.4, -0.2) is 19.0 Å². The van der Waals surface area contributed by atoms with Gasteiger partial charge in [0.05, 0.1) is 13.2 Å². The van der Waals surface area contributed by atoms with Crippen LogP contribution in [-0.2, 0) is 9.53 Å². The molecule has 2 heteroatoms. The summed E-state index contributed by atoms with van der Waals surface area (Å²) >= 11 is 0. The molecule has 0 aromatic rings. The Morgan fingerprint density at radius 1 is 1.70 bits per heavy atom. The van der Waals surface area contributed by atoms with Gasteiger partial charge in [-0.2, -0.15) is 0 Å². The van der Waals surface area contributed by atoms with Gasteiger partial charge in [-0.05, 0) is 11.6 Å². The topological polar surface area (TPSA) is 26.3 Å². The summed E-state index contributed by atoms with van der Waals surface area (Å²) in [4.78, 5) is 11.1. The minimum absolute atomic E-state index is 0.178. The first-order valence-corrected chi connectivity index (χ1v) is 3.61. The Bertz CT molecular complexity index is 205. The zero-order chi connectivity index (χ0) is 7.14. The van der Waals surface area contributed by atoms with E-state index in [4.69, 9.17) is 4.74 Å². The third-order valence-corrected chi connectivity index (χ3v) is 2.42. The molecule has 54 valence electrons. The van der Waals surface area contributed by atoms with Gasteiger partial charge < -0.3 is 4.74 Å². The van der Waals surface area contributed by atoms with Crippen molar-refractivity contribution in [3.63, 3.8) is 0 Å². The molecule has 1 saturated heterocycles. The fraction of sp³-hybridized carbons (Fsp3) is 0.625. The van der Waals surface area contributed by atoms with Gasteiger partial charge in [0, 0.05) is 11.8 Å². The molecular formula is C8H10O2. The maximum Gasteiger partial charge on any atom is 0.159 e. The van der Waals surface area contributed by atoms with Crippen LogP contribution < -0.4 is 0 Å². The van der Waals surface area contributed by atoms with E-state index in [1.165, 1.54) is 5.57 Å². The molecule has 0 amide bonds. The lowest BCUT2D eigenvalue weighted by Crippen LogP contribution is -2.13. The number of allylic oxidation sites excluding steroid dienone is 1. The second-order valence-corrected chi connectivity index (χ2v) is 3.03. The van der Waals surface area contributed by atoms with E-state index in [-0.39, 0.29) is 11.7 Å². The minimum Gasteiger partial charge on any atom is -0.376 e. The molecule has 2 nitrogen and oxygen atoms in total. The molecule has 0 unspecified atom stereocenters. The maximum absolute atomic E-state index is 11.1. The molecule has 2 aliphatic rings. The van der Waals surface area contributed by atoms with Crippen LogP contribution in [0, 0.1) is 11.8 Å². The number of rotatable bonds is 0. The molecule has 0 spiro atoms. The second kappa shape index (κ2) is 1.92. The van der Waals surface area contributed by atoms with Crippen LogP contribution in [0.4, 0.5) is 0 Å². The third-order valence-electron chi connectivity index (χ3n) is 2.42. The third kappa shape index (κ3) is 0.655. The lowest BCUT2D eigenvalue weighted by molar-refractivity contribution is -0.118. The smallest absolute Gasteiger partial charge is 0.159 e. The van der Waals surface area contributed by atoms with E-state index in [0.29, 0.717) is 12.5 Å². The van der Waals surface area contributed by atoms with Crippen molar-refractivity contribution in [2.45, 2.75) is 6.92 Å². The lowest BCUT2D eigenvalue weighted by Gasteiger charge is -2.07. The monoisotopic (exact) mass is 138 g/mol. The Morgan fingerprint density at radius 2 is 2.50 bits per heavy atom. The van der Waals surface area contributed by atoms with Crippen LogP contribution >= 0.6 is 0 Å². The summed E-state index contributed by atoms with van der Waals surface area (Å²) in [6.45, 7) is 3.41. The van der Waals surface area contributed by atoms with Gasteiger partial charge in [-0.15, -0.1) is 0 Å². The standard InChI is InChI=1S/C8H10O2/c1-5-7-4-10-3-6(7)2-8(5)9/h2,5,7H,3-4H2,1H3/t5-,7+/m0/s1. The average molecular weight is 138 g/mol. The first kappa shape index (κ1) is 6.10. The van der Waals surface area contributed by atoms with Crippen molar-refractivity contribution < 1.29 is 9.53 Å². The predicted molar refractivity (Wildman–Crippen MR) is 36.6 cm³/mol. The van der Waals surface area contributed by atoms with E-state index >= 15 is 0 Å². The van der Waals surface area contributed by atoms with Crippen molar-refractivity contribution in [2.24, 2.45) is 11.8 Å². The van der Waals surface area contributed by atoms with E-state index in [1.807, 2.05) is 6.92 Å². The Morgan fingerprint density at radius 3 is 3.20 bits per heavy atom. The van der Waals surface area contributed by atoms with Gasteiger partial charge in [0.25, 0.3) is 0 Å². The largest absolute Gasteiger partial charge is 0.376 e. The van der Waals surface area contributed by atoms with E-state index in [9.17, 15) is 4.79 Å². The van der Waals surface area contributed by atoms with E-state index in [0.717, 1.165) is 6.61 Å². The normalized spacial score (nSPS) is 38.1. The van der Waals surface area contributed by atoms with E-state index in [2.05, 4.69) is 0 Å². The quantitative estimate of drug-likeness (QED) is 0.494. The number of carbonyl (C=O) groups is 1. The second-order valence-electron chi connectivity index (χ2n) is 3.03. The molecule has 1 aliphatic heterocycles. The molecule has 1 fully saturated rings. The van der Waals surface area contributed by atoms with Crippen molar-refractivity contribution in [1.82, 2.24) is 0 Å². The molecule has 0 radical (unpaired) electrons. The van der Waals surface area contributed by atoms with E-state index < -0.39 is 0 Å². The number of hydrogen-bond donors (Lipinski definition) is 0. The summed E-state index contributed by atoms with van der Waals surface area (Å²) in [6.07, 6.45) is 1.75.